The molecule has 1 aromatic heterocycles. The minimum Gasteiger partial charge on any atom is -0.373 e. The van der Waals surface area contributed by atoms with Crippen molar-refractivity contribution < 1.29 is 14.1 Å². The van der Waals surface area contributed by atoms with Crippen LogP contribution in [0.15, 0.2) is 22.7 Å². The average Bonchev–Trinajstić information content (AvgIpc) is 3.40. The number of rotatable bonds is 5. The molecule has 0 spiro atoms. The Balaban J connectivity index is 1.41. The summed E-state index contributed by atoms with van der Waals surface area (Å²) in [7, 11) is 0. The average molecular weight is 420 g/mol. The second kappa shape index (κ2) is 7.16. The molecule has 3 aliphatic rings. The molecule has 6 heteroatoms. The van der Waals surface area contributed by atoms with Crippen LogP contribution < -0.4 is 0 Å². The molecule has 3 fully saturated rings. The third kappa shape index (κ3) is 3.20. The Labute approximate surface area is 174 Å². The second-order valence-corrected chi connectivity index (χ2v) is 9.38. The van der Waals surface area contributed by atoms with E-state index in [-0.39, 0.29) is 17.9 Å². The van der Waals surface area contributed by atoms with Crippen molar-refractivity contribution in [2.24, 2.45) is 17.8 Å². The summed E-state index contributed by atoms with van der Waals surface area (Å²) in [6, 6.07) is 5.44. The number of ketones is 1. The number of carbonyl (C=O) groups excluding carboxylic acids is 1. The van der Waals surface area contributed by atoms with Gasteiger partial charge in [-0.15, -0.1) is 0 Å². The number of Topliss-reactive ketones (excluding diaryl/α,β-unsaturated/α-hetero) is 1. The van der Waals surface area contributed by atoms with Gasteiger partial charge in [-0.3, -0.25) is 4.79 Å². The van der Waals surface area contributed by atoms with E-state index in [1.54, 1.807) is 0 Å². The lowest BCUT2D eigenvalue weighted by molar-refractivity contribution is -0.130. The summed E-state index contributed by atoms with van der Waals surface area (Å²) in [5.41, 5.74) is 2.34. The molecule has 4 nitrogen and oxygen atoms in total. The van der Waals surface area contributed by atoms with Gasteiger partial charge in [0, 0.05) is 28.9 Å². The van der Waals surface area contributed by atoms with Crippen LogP contribution in [0.1, 0.15) is 56.3 Å². The first-order chi connectivity index (χ1) is 13.5. The van der Waals surface area contributed by atoms with E-state index in [0.717, 1.165) is 43.4 Å². The van der Waals surface area contributed by atoms with Crippen molar-refractivity contribution >= 4 is 29.0 Å². The monoisotopic (exact) mass is 419 g/mol. The number of carbonyl (C=O) groups is 1. The third-order valence-corrected chi connectivity index (χ3v) is 7.23. The van der Waals surface area contributed by atoms with E-state index >= 15 is 0 Å². The van der Waals surface area contributed by atoms with Crippen LogP contribution in [0.25, 0.3) is 11.3 Å². The molecule has 1 heterocycles. The molecule has 3 aliphatic carbocycles. The molecule has 4 atom stereocenters. The number of nitrogens with zero attached hydrogens (tertiary/aromatic N) is 1. The molecule has 0 radical (unpaired) electrons. The SMILES string of the molecule is C[C@H]1C[C@@H]2C[C@@H](OCc3c(-c4c(Cl)cccc4Cl)noc3C3CC3)C[C@H]1C2=O. The van der Waals surface area contributed by atoms with E-state index < -0.39 is 0 Å². The minimum atomic E-state index is 0.106. The van der Waals surface area contributed by atoms with Crippen molar-refractivity contribution in [1.29, 1.82) is 0 Å². The first kappa shape index (κ1) is 18.7. The zero-order valence-electron chi connectivity index (χ0n) is 15.8. The van der Waals surface area contributed by atoms with Crippen molar-refractivity contribution in [2.45, 2.75) is 57.7 Å². The molecule has 0 unspecified atom stereocenters. The molecule has 2 bridgehead atoms. The summed E-state index contributed by atoms with van der Waals surface area (Å²) in [5, 5.41) is 5.43. The van der Waals surface area contributed by atoms with Crippen LogP contribution in [0.5, 0.6) is 0 Å². The summed E-state index contributed by atoms with van der Waals surface area (Å²) >= 11 is 12.8. The first-order valence-corrected chi connectivity index (χ1v) is 10.9. The smallest absolute Gasteiger partial charge is 0.145 e. The van der Waals surface area contributed by atoms with Crippen molar-refractivity contribution in [1.82, 2.24) is 5.16 Å². The Bertz CT molecular complexity index is 900. The van der Waals surface area contributed by atoms with Crippen molar-refractivity contribution in [3.63, 3.8) is 0 Å². The Morgan fingerprint density at radius 2 is 1.89 bits per heavy atom. The maximum Gasteiger partial charge on any atom is 0.145 e. The van der Waals surface area contributed by atoms with Crippen molar-refractivity contribution in [3.8, 4) is 11.3 Å². The number of hydrogen-bond acceptors (Lipinski definition) is 4. The fourth-order valence-corrected chi connectivity index (χ4v) is 5.53. The van der Waals surface area contributed by atoms with Gasteiger partial charge >= 0.3 is 0 Å². The highest BCUT2D eigenvalue weighted by Gasteiger charge is 2.46. The zero-order chi connectivity index (χ0) is 19.4. The summed E-state index contributed by atoms with van der Waals surface area (Å²) < 4.78 is 12.0. The van der Waals surface area contributed by atoms with Crippen molar-refractivity contribution in [2.75, 3.05) is 0 Å². The van der Waals surface area contributed by atoms with E-state index in [0.29, 0.717) is 45.5 Å². The van der Waals surface area contributed by atoms with Crippen LogP contribution in [0.3, 0.4) is 0 Å². The number of hydrogen-bond donors (Lipinski definition) is 0. The highest BCUT2D eigenvalue weighted by Crippen LogP contribution is 2.47. The maximum absolute atomic E-state index is 12.3. The van der Waals surface area contributed by atoms with Gasteiger partial charge in [-0.2, -0.15) is 0 Å². The molecular formula is C22H23Cl2NO3. The molecular weight excluding hydrogens is 397 g/mol. The van der Waals surface area contributed by atoms with Gasteiger partial charge in [0.25, 0.3) is 0 Å². The molecule has 1 aromatic carbocycles. The molecule has 3 saturated carbocycles. The lowest BCUT2D eigenvalue weighted by Gasteiger charge is -2.27. The van der Waals surface area contributed by atoms with E-state index in [9.17, 15) is 4.79 Å². The van der Waals surface area contributed by atoms with Gasteiger partial charge < -0.3 is 9.26 Å². The zero-order valence-corrected chi connectivity index (χ0v) is 17.3. The van der Waals surface area contributed by atoms with Crippen LogP contribution in [0, 0.1) is 17.8 Å². The van der Waals surface area contributed by atoms with E-state index in [4.69, 9.17) is 32.5 Å². The summed E-state index contributed by atoms with van der Waals surface area (Å²) in [6.45, 7) is 2.60. The van der Waals surface area contributed by atoms with Crippen LogP contribution >= 0.6 is 23.2 Å². The summed E-state index contributed by atoms with van der Waals surface area (Å²) in [6.07, 6.45) is 4.97. The summed E-state index contributed by atoms with van der Waals surface area (Å²) in [5.74, 6) is 2.55. The van der Waals surface area contributed by atoms with Crippen molar-refractivity contribution in [3.05, 3.63) is 39.6 Å². The normalized spacial score (nSPS) is 29.5. The highest BCUT2D eigenvalue weighted by atomic mass is 35.5. The molecule has 0 amide bonds. The Hall–Kier alpha value is -1.36. The van der Waals surface area contributed by atoms with Crippen LogP contribution in [-0.4, -0.2) is 17.0 Å². The predicted molar refractivity (Wildman–Crippen MR) is 108 cm³/mol. The number of ether oxygens (including phenoxy) is 1. The number of benzene rings is 1. The topological polar surface area (TPSA) is 52.3 Å². The van der Waals surface area contributed by atoms with Gasteiger partial charge in [0.05, 0.1) is 22.8 Å². The molecule has 2 aromatic rings. The van der Waals surface area contributed by atoms with Gasteiger partial charge in [-0.1, -0.05) is 41.3 Å². The first-order valence-electron chi connectivity index (χ1n) is 10.1. The standard InChI is InChI=1S/C22H23Cl2NO3/c1-11-7-13-8-14(9-15(11)21(13)26)27-10-16-20(25-28-22(16)12-5-6-12)19-17(23)3-2-4-18(19)24/h2-4,11-15H,5-10H2,1H3/t11-,13+,14+,15+/m0/s1. The van der Waals surface area contributed by atoms with E-state index in [2.05, 4.69) is 12.1 Å². The number of aromatic nitrogens is 1. The highest BCUT2D eigenvalue weighted by molar-refractivity contribution is 6.39. The quantitative estimate of drug-likeness (QED) is 0.591. The predicted octanol–water partition coefficient (Wildman–Crippen LogP) is 6.05. The van der Waals surface area contributed by atoms with E-state index in [1.807, 2.05) is 18.2 Å². The van der Waals surface area contributed by atoms with Gasteiger partial charge in [0.2, 0.25) is 0 Å². The molecule has 0 saturated heterocycles. The van der Waals surface area contributed by atoms with Gasteiger partial charge in [0.15, 0.2) is 0 Å². The number of fused-ring (bicyclic) bond motifs is 2. The lowest BCUT2D eigenvalue weighted by Crippen LogP contribution is -2.31. The summed E-state index contributed by atoms with van der Waals surface area (Å²) in [4.78, 5) is 12.3. The van der Waals surface area contributed by atoms with Crippen LogP contribution in [-0.2, 0) is 16.1 Å². The Kier molecular flexibility index (Phi) is 4.77. The van der Waals surface area contributed by atoms with Gasteiger partial charge in [-0.25, -0.2) is 0 Å². The molecule has 5 rings (SSSR count). The molecule has 28 heavy (non-hydrogen) atoms. The fraction of sp³-hybridized carbons (Fsp3) is 0.545. The number of halogens is 2. The molecule has 0 aliphatic heterocycles. The molecule has 148 valence electrons. The Morgan fingerprint density at radius 1 is 1.14 bits per heavy atom. The lowest BCUT2D eigenvalue weighted by atomic mass is 9.84. The van der Waals surface area contributed by atoms with Crippen LogP contribution in [0.4, 0.5) is 0 Å². The van der Waals surface area contributed by atoms with Gasteiger partial charge in [-0.05, 0) is 50.2 Å². The Morgan fingerprint density at radius 3 is 2.57 bits per heavy atom. The largest absolute Gasteiger partial charge is 0.373 e. The molecule has 0 N–H and O–H groups in total. The second-order valence-electron chi connectivity index (χ2n) is 8.57. The maximum atomic E-state index is 12.3. The minimum absolute atomic E-state index is 0.106. The van der Waals surface area contributed by atoms with Gasteiger partial charge in [0.1, 0.15) is 17.2 Å². The fourth-order valence-electron chi connectivity index (χ4n) is 4.96. The third-order valence-electron chi connectivity index (χ3n) is 6.60. The van der Waals surface area contributed by atoms with E-state index in [1.165, 1.54) is 0 Å². The van der Waals surface area contributed by atoms with Crippen LogP contribution in [0.2, 0.25) is 10.0 Å².